The van der Waals surface area contributed by atoms with Crippen molar-refractivity contribution in [1.29, 1.82) is 0 Å². The minimum absolute atomic E-state index is 0.299. The second kappa shape index (κ2) is 8.19. The van der Waals surface area contributed by atoms with E-state index in [1.807, 2.05) is 30.3 Å². The molecule has 0 aliphatic carbocycles. The highest BCUT2D eigenvalue weighted by Gasteiger charge is 2.14. The highest BCUT2D eigenvalue weighted by molar-refractivity contribution is 6.30. The number of carbonyl (C=O) groups is 1. The van der Waals surface area contributed by atoms with E-state index in [4.69, 9.17) is 21.1 Å². The number of carbonyl (C=O) groups excluding carboxylic acids is 1. The zero-order valence-electron chi connectivity index (χ0n) is 14.9. The summed E-state index contributed by atoms with van der Waals surface area (Å²) in [6.07, 6.45) is 1.60. The van der Waals surface area contributed by atoms with Gasteiger partial charge < -0.3 is 20.1 Å². The number of halogens is 1. The van der Waals surface area contributed by atoms with Gasteiger partial charge in [-0.2, -0.15) is 0 Å². The molecule has 0 saturated carbocycles. The predicted octanol–water partition coefficient (Wildman–Crippen LogP) is 4.37. The van der Waals surface area contributed by atoms with Gasteiger partial charge in [-0.1, -0.05) is 23.7 Å². The van der Waals surface area contributed by atoms with Gasteiger partial charge in [-0.3, -0.25) is 9.78 Å². The molecule has 0 fully saturated rings. The number of hydrogen-bond donors (Lipinski definition) is 2. The van der Waals surface area contributed by atoms with Crippen LogP contribution in [0.5, 0.6) is 11.5 Å². The molecular formula is C21H18ClN3O3. The SMILES string of the molecule is O=C(Nc1ccc2c(c1)OCCO2)c1cc(NCc2ccc(Cl)cc2)ccn1. The van der Waals surface area contributed by atoms with E-state index in [-0.39, 0.29) is 5.91 Å². The molecule has 0 bridgehead atoms. The minimum atomic E-state index is -0.299. The van der Waals surface area contributed by atoms with Crippen LogP contribution in [-0.2, 0) is 6.54 Å². The molecule has 7 heteroatoms. The number of nitrogens with zero attached hydrogens (tertiary/aromatic N) is 1. The number of ether oxygens (including phenoxy) is 2. The van der Waals surface area contributed by atoms with Gasteiger partial charge in [0, 0.05) is 35.2 Å². The molecule has 2 N–H and O–H groups in total. The van der Waals surface area contributed by atoms with Crippen molar-refractivity contribution in [3.63, 3.8) is 0 Å². The van der Waals surface area contributed by atoms with E-state index in [9.17, 15) is 4.79 Å². The van der Waals surface area contributed by atoms with Crippen molar-refractivity contribution in [3.05, 3.63) is 77.1 Å². The second-order valence-electron chi connectivity index (χ2n) is 6.22. The topological polar surface area (TPSA) is 72.5 Å². The average Bonchev–Trinajstić information content (AvgIpc) is 2.73. The number of pyridine rings is 1. The van der Waals surface area contributed by atoms with Crippen LogP contribution in [0.2, 0.25) is 5.02 Å². The lowest BCUT2D eigenvalue weighted by Gasteiger charge is -2.19. The fourth-order valence-corrected chi connectivity index (χ4v) is 2.91. The van der Waals surface area contributed by atoms with Crippen LogP contribution in [0.15, 0.2) is 60.8 Å². The quantitative estimate of drug-likeness (QED) is 0.671. The Labute approximate surface area is 167 Å². The minimum Gasteiger partial charge on any atom is -0.486 e. The third-order valence-electron chi connectivity index (χ3n) is 4.20. The van der Waals surface area contributed by atoms with E-state index < -0.39 is 0 Å². The van der Waals surface area contributed by atoms with E-state index in [1.165, 1.54) is 0 Å². The van der Waals surface area contributed by atoms with Crippen LogP contribution in [0.25, 0.3) is 0 Å². The first kappa shape index (κ1) is 18.1. The summed E-state index contributed by atoms with van der Waals surface area (Å²) in [5.41, 5.74) is 2.83. The molecular weight excluding hydrogens is 378 g/mol. The average molecular weight is 396 g/mol. The number of rotatable bonds is 5. The highest BCUT2D eigenvalue weighted by atomic mass is 35.5. The Kier molecular flexibility index (Phi) is 5.30. The molecule has 0 atom stereocenters. The first-order valence-electron chi connectivity index (χ1n) is 8.83. The van der Waals surface area contributed by atoms with Gasteiger partial charge in [-0.15, -0.1) is 0 Å². The Hall–Kier alpha value is -3.25. The van der Waals surface area contributed by atoms with Crippen molar-refractivity contribution in [3.8, 4) is 11.5 Å². The molecule has 2 aromatic carbocycles. The summed E-state index contributed by atoms with van der Waals surface area (Å²) >= 11 is 5.90. The van der Waals surface area contributed by atoms with Gasteiger partial charge in [0.1, 0.15) is 18.9 Å². The lowest BCUT2D eigenvalue weighted by molar-refractivity contribution is 0.102. The summed E-state index contributed by atoms with van der Waals surface area (Å²) in [5.74, 6) is 0.998. The molecule has 3 aromatic rings. The first-order valence-corrected chi connectivity index (χ1v) is 9.20. The number of hydrogen-bond acceptors (Lipinski definition) is 5. The van der Waals surface area contributed by atoms with E-state index in [1.54, 1.807) is 30.5 Å². The Morgan fingerprint density at radius 2 is 1.75 bits per heavy atom. The largest absolute Gasteiger partial charge is 0.486 e. The van der Waals surface area contributed by atoms with Crippen LogP contribution < -0.4 is 20.1 Å². The Morgan fingerprint density at radius 1 is 0.964 bits per heavy atom. The molecule has 4 rings (SSSR count). The molecule has 1 amide bonds. The molecule has 0 unspecified atom stereocenters. The van der Waals surface area contributed by atoms with Crippen LogP contribution in [0, 0.1) is 0 Å². The van der Waals surface area contributed by atoms with Crippen LogP contribution in [0.3, 0.4) is 0 Å². The maximum atomic E-state index is 12.6. The van der Waals surface area contributed by atoms with Gasteiger partial charge >= 0.3 is 0 Å². The van der Waals surface area contributed by atoms with Crippen molar-refractivity contribution in [1.82, 2.24) is 4.98 Å². The number of aromatic nitrogens is 1. The lowest BCUT2D eigenvalue weighted by Crippen LogP contribution is -2.17. The molecule has 0 spiro atoms. The zero-order chi connectivity index (χ0) is 19.3. The van der Waals surface area contributed by atoms with Crippen LogP contribution >= 0.6 is 11.6 Å². The third kappa shape index (κ3) is 4.35. The van der Waals surface area contributed by atoms with Crippen molar-refractivity contribution >= 4 is 28.9 Å². The lowest BCUT2D eigenvalue weighted by atomic mass is 10.2. The number of fused-ring (bicyclic) bond motifs is 1. The number of nitrogens with one attached hydrogen (secondary N) is 2. The van der Waals surface area contributed by atoms with Gasteiger partial charge in [-0.05, 0) is 42.0 Å². The van der Waals surface area contributed by atoms with Crippen molar-refractivity contribution < 1.29 is 14.3 Å². The normalized spacial score (nSPS) is 12.3. The van der Waals surface area contributed by atoms with Crippen LogP contribution in [0.4, 0.5) is 11.4 Å². The van der Waals surface area contributed by atoms with Gasteiger partial charge in [0.2, 0.25) is 0 Å². The molecule has 142 valence electrons. The van der Waals surface area contributed by atoms with Crippen LogP contribution in [-0.4, -0.2) is 24.1 Å². The second-order valence-corrected chi connectivity index (χ2v) is 6.66. The Morgan fingerprint density at radius 3 is 2.57 bits per heavy atom. The van der Waals surface area contributed by atoms with E-state index in [2.05, 4.69) is 15.6 Å². The molecule has 0 saturated heterocycles. The standard InChI is InChI=1S/C21H18ClN3O3/c22-15-3-1-14(2-4-15)13-24-16-7-8-23-18(11-16)21(26)25-17-5-6-19-20(12-17)28-10-9-27-19/h1-8,11-12H,9-10,13H2,(H,23,24)(H,25,26). The molecule has 1 aliphatic rings. The monoisotopic (exact) mass is 395 g/mol. The van der Waals surface area contributed by atoms with Gasteiger partial charge in [0.05, 0.1) is 0 Å². The fourth-order valence-electron chi connectivity index (χ4n) is 2.79. The van der Waals surface area contributed by atoms with Gasteiger partial charge in [0.15, 0.2) is 11.5 Å². The van der Waals surface area contributed by atoms with E-state index >= 15 is 0 Å². The summed E-state index contributed by atoms with van der Waals surface area (Å²) in [7, 11) is 0. The summed E-state index contributed by atoms with van der Waals surface area (Å²) in [4.78, 5) is 16.7. The molecule has 1 aliphatic heterocycles. The number of benzene rings is 2. The molecule has 1 aromatic heterocycles. The molecule has 28 heavy (non-hydrogen) atoms. The number of anilines is 2. The Bertz CT molecular complexity index is 992. The maximum Gasteiger partial charge on any atom is 0.274 e. The third-order valence-corrected chi connectivity index (χ3v) is 4.45. The van der Waals surface area contributed by atoms with E-state index in [0.717, 1.165) is 11.3 Å². The van der Waals surface area contributed by atoms with Crippen molar-refractivity contribution in [2.75, 3.05) is 23.8 Å². The number of amides is 1. The fraction of sp³-hybridized carbons (Fsp3) is 0.143. The smallest absolute Gasteiger partial charge is 0.274 e. The van der Waals surface area contributed by atoms with Crippen molar-refractivity contribution in [2.45, 2.75) is 6.54 Å². The zero-order valence-corrected chi connectivity index (χ0v) is 15.7. The summed E-state index contributed by atoms with van der Waals surface area (Å²) in [6, 6.07) is 16.4. The predicted molar refractivity (Wildman–Crippen MR) is 108 cm³/mol. The summed E-state index contributed by atoms with van der Waals surface area (Å²) in [5, 5.41) is 6.82. The van der Waals surface area contributed by atoms with Crippen LogP contribution in [0.1, 0.15) is 16.1 Å². The first-order chi connectivity index (χ1) is 13.7. The molecule has 0 radical (unpaired) electrons. The maximum absolute atomic E-state index is 12.6. The molecule has 6 nitrogen and oxygen atoms in total. The highest BCUT2D eigenvalue weighted by Crippen LogP contribution is 2.32. The van der Waals surface area contributed by atoms with E-state index in [0.29, 0.717) is 47.7 Å². The van der Waals surface area contributed by atoms with Gasteiger partial charge in [0.25, 0.3) is 5.91 Å². The summed E-state index contributed by atoms with van der Waals surface area (Å²) in [6.45, 7) is 1.64. The van der Waals surface area contributed by atoms with Gasteiger partial charge in [-0.25, -0.2) is 0 Å². The Balaban J connectivity index is 1.42. The van der Waals surface area contributed by atoms with Crippen molar-refractivity contribution in [2.24, 2.45) is 0 Å². The summed E-state index contributed by atoms with van der Waals surface area (Å²) < 4.78 is 11.0. The molecule has 2 heterocycles.